The van der Waals surface area contributed by atoms with Crippen LogP contribution in [0, 0.1) is 6.92 Å². The highest BCUT2D eigenvalue weighted by Gasteiger charge is 2.24. The third-order valence-electron chi connectivity index (χ3n) is 5.16. The fourth-order valence-corrected chi connectivity index (χ4v) is 3.58. The first kappa shape index (κ1) is 19.1. The zero-order chi connectivity index (χ0) is 19.6. The Balaban J connectivity index is 1.81. The first-order chi connectivity index (χ1) is 12.9. The van der Waals surface area contributed by atoms with Crippen LogP contribution >= 0.6 is 0 Å². The van der Waals surface area contributed by atoms with Gasteiger partial charge in [-0.2, -0.15) is 0 Å². The Morgan fingerprint density at radius 2 is 1.78 bits per heavy atom. The van der Waals surface area contributed by atoms with Gasteiger partial charge in [-0.25, -0.2) is 4.79 Å². The van der Waals surface area contributed by atoms with Gasteiger partial charge in [-0.3, -0.25) is 0 Å². The molecule has 2 amide bonds. The fraction of sp³-hybridized carbons (Fsp3) is 0.409. The van der Waals surface area contributed by atoms with E-state index in [1.807, 2.05) is 36.1 Å². The summed E-state index contributed by atoms with van der Waals surface area (Å²) in [5.41, 5.74) is 5.47. The summed E-state index contributed by atoms with van der Waals surface area (Å²) in [7, 11) is 3.27. The summed E-state index contributed by atoms with van der Waals surface area (Å²) in [6.45, 7) is 7.55. The van der Waals surface area contributed by atoms with E-state index < -0.39 is 0 Å². The molecule has 1 N–H and O–H groups in total. The lowest BCUT2D eigenvalue weighted by atomic mass is 9.98. The molecule has 3 rings (SSSR count). The lowest BCUT2D eigenvalue weighted by Gasteiger charge is -2.30. The van der Waals surface area contributed by atoms with Crippen molar-refractivity contribution in [1.29, 1.82) is 0 Å². The summed E-state index contributed by atoms with van der Waals surface area (Å²) >= 11 is 0. The van der Waals surface area contributed by atoms with Crippen LogP contribution in [0.1, 0.15) is 42.0 Å². The van der Waals surface area contributed by atoms with Gasteiger partial charge in [-0.1, -0.05) is 32.0 Å². The maximum Gasteiger partial charge on any atom is 0.322 e. The van der Waals surface area contributed by atoms with Gasteiger partial charge in [0.1, 0.15) is 0 Å². The van der Waals surface area contributed by atoms with Crippen molar-refractivity contribution >= 4 is 11.7 Å². The summed E-state index contributed by atoms with van der Waals surface area (Å²) in [5, 5.41) is 3.14. The van der Waals surface area contributed by atoms with Crippen molar-refractivity contribution in [2.75, 3.05) is 26.1 Å². The summed E-state index contributed by atoms with van der Waals surface area (Å²) in [6.07, 6.45) is 0.800. The molecule has 0 saturated carbocycles. The average molecular weight is 368 g/mol. The number of nitrogens with zero attached hydrogens (tertiary/aromatic N) is 1. The Labute approximate surface area is 161 Å². The fourth-order valence-electron chi connectivity index (χ4n) is 3.58. The second-order valence-electron chi connectivity index (χ2n) is 7.27. The molecule has 0 saturated heterocycles. The predicted octanol–water partition coefficient (Wildman–Crippen LogP) is 4.73. The highest BCUT2D eigenvalue weighted by molar-refractivity contribution is 5.91. The molecule has 0 aromatic heterocycles. The number of aryl methyl sites for hydroxylation is 1. The van der Waals surface area contributed by atoms with E-state index in [1.54, 1.807) is 14.2 Å². The number of nitrogens with one attached hydrogen (secondary N) is 1. The molecule has 0 fully saturated rings. The number of fused-ring (bicyclic) bond motifs is 1. The van der Waals surface area contributed by atoms with E-state index in [4.69, 9.17) is 9.47 Å². The minimum absolute atomic E-state index is 0.0633. The molecule has 0 unspecified atom stereocenters. The Morgan fingerprint density at radius 3 is 2.41 bits per heavy atom. The molecule has 2 aromatic carbocycles. The highest BCUT2D eigenvalue weighted by Crippen LogP contribution is 2.34. The van der Waals surface area contributed by atoms with Gasteiger partial charge < -0.3 is 19.7 Å². The lowest BCUT2D eigenvalue weighted by molar-refractivity contribution is 0.206. The van der Waals surface area contributed by atoms with Gasteiger partial charge >= 0.3 is 6.03 Å². The van der Waals surface area contributed by atoms with Crippen molar-refractivity contribution in [3.63, 3.8) is 0 Å². The molecule has 0 atom stereocenters. The van der Waals surface area contributed by atoms with Gasteiger partial charge in [0.05, 0.1) is 14.2 Å². The Morgan fingerprint density at radius 1 is 1.11 bits per heavy atom. The molecule has 1 aliphatic heterocycles. The number of methoxy groups -OCH3 is 2. The molecule has 1 heterocycles. The second-order valence-corrected chi connectivity index (χ2v) is 7.27. The first-order valence-electron chi connectivity index (χ1n) is 9.33. The number of anilines is 1. The number of para-hydroxylation sites is 1. The van der Waals surface area contributed by atoms with Crippen LogP contribution in [0.3, 0.4) is 0 Å². The van der Waals surface area contributed by atoms with E-state index in [0.29, 0.717) is 24.8 Å². The number of benzene rings is 2. The molecule has 1 aliphatic rings. The minimum Gasteiger partial charge on any atom is -0.493 e. The number of urea groups is 1. The average Bonchev–Trinajstić information content (AvgIpc) is 2.67. The first-order valence-corrected chi connectivity index (χ1v) is 9.33. The zero-order valence-corrected chi connectivity index (χ0v) is 16.8. The minimum atomic E-state index is -0.0633. The van der Waals surface area contributed by atoms with Gasteiger partial charge in [0.15, 0.2) is 11.5 Å². The zero-order valence-electron chi connectivity index (χ0n) is 16.8. The van der Waals surface area contributed by atoms with Gasteiger partial charge in [0.25, 0.3) is 0 Å². The van der Waals surface area contributed by atoms with E-state index in [2.05, 4.69) is 25.2 Å². The van der Waals surface area contributed by atoms with Gasteiger partial charge in [-0.15, -0.1) is 0 Å². The van der Waals surface area contributed by atoms with Crippen molar-refractivity contribution in [3.8, 4) is 11.5 Å². The molecule has 0 spiro atoms. The monoisotopic (exact) mass is 368 g/mol. The molecule has 2 aromatic rings. The van der Waals surface area contributed by atoms with Crippen molar-refractivity contribution in [2.45, 2.75) is 39.7 Å². The van der Waals surface area contributed by atoms with Gasteiger partial charge in [0.2, 0.25) is 0 Å². The Kier molecular flexibility index (Phi) is 5.59. The molecule has 27 heavy (non-hydrogen) atoms. The smallest absolute Gasteiger partial charge is 0.322 e. The van der Waals surface area contributed by atoms with E-state index in [1.165, 1.54) is 5.56 Å². The normalized spacial score (nSPS) is 13.3. The van der Waals surface area contributed by atoms with E-state index in [9.17, 15) is 4.79 Å². The predicted molar refractivity (Wildman–Crippen MR) is 108 cm³/mol. The number of hydrogen-bond acceptors (Lipinski definition) is 3. The molecule has 0 aliphatic carbocycles. The van der Waals surface area contributed by atoms with Gasteiger partial charge in [-0.05, 0) is 53.6 Å². The molecule has 144 valence electrons. The molecular formula is C22H28N2O3. The summed E-state index contributed by atoms with van der Waals surface area (Å²) in [6, 6.07) is 10.1. The van der Waals surface area contributed by atoms with Crippen LogP contribution in [-0.2, 0) is 13.0 Å². The number of carbonyl (C=O) groups is 1. The maximum atomic E-state index is 12.9. The highest BCUT2D eigenvalue weighted by atomic mass is 16.5. The molecule has 5 heteroatoms. The summed E-state index contributed by atoms with van der Waals surface area (Å²) in [5.74, 6) is 1.77. The van der Waals surface area contributed by atoms with Crippen LogP contribution in [0.4, 0.5) is 10.5 Å². The molecule has 0 radical (unpaired) electrons. The third kappa shape index (κ3) is 3.87. The van der Waals surface area contributed by atoms with Crippen molar-refractivity contribution in [2.24, 2.45) is 0 Å². The topological polar surface area (TPSA) is 50.8 Å². The molecular weight excluding hydrogens is 340 g/mol. The van der Waals surface area contributed by atoms with Crippen LogP contribution in [0.25, 0.3) is 0 Å². The van der Waals surface area contributed by atoms with E-state index >= 15 is 0 Å². The number of rotatable bonds is 4. The number of ether oxygens (including phenoxy) is 2. The Hall–Kier alpha value is -2.69. The number of amides is 2. The summed E-state index contributed by atoms with van der Waals surface area (Å²) < 4.78 is 10.8. The molecule has 0 bridgehead atoms. The van der Waals surface area contributed by atoms with E-state index in [-0.39, 0.29) is 6.03 Å². The summed E-state index contributed by atoms with van der Waals surface area (Å²) in [4.78, 5) is 14.8. The number of hydrogen-bond donors (Lipinski definition) is 1. The lowest BCUT2D eigenvalue weighted by Crippen LogP contribution is -2.39. The van der Waals surface area contributed by atoms with Gasteiger partial charge in [0, 0.05) is 18.8 Å². The van der Waals surface area contributed by atoms with Crippen LogP contribution in [0.2, 0.25) is 0 Å². The number of carbonyl (C=O) groups excluding carboxylic acids is 1. The van der Waals surface area contributed by atoms with Crippen LogP contribution in [-0.4, -0.2) is 31.7 Å². The van der Waals surface area contributed by atoms with Crippen molar-refractivity contribution in [3.05, 3.63) is 52.6 Å². The molecule has 5 nitrogen and oxygen atoms in total. The second kappa shape index (κ2) is 7.91. The SMILES string of the molecule is COc1cc2c(cc1OC)CN(C(=O)Nc1c(C)cccc1C(C)C)CC2. The van der Waals surface area contributed by atoms with Crippen LogP contribution in [0.5, 0.6) is 11.5 Å². The van der Waals surface area contributed by atoms with E-state index in [0.717, 1.165) is 34.5 Å². The van der Waals surface area contributed by atoms with Crippen molar-refractivity contribution < 1.29 is 14.3 Å². The largest absolute Gasteiger partial charge is 0.493 e. The van der Waals surface area contributed by atoms with Crippen LogP contribution in [0.15, 0.2) is 30.3 Å². The standard InChI is InChI=1S/C22H28N2O3/c1-14(2)18-8-6-7-15(3)21(18)23-22(25)24-10-9-16-11-19(26-4)20(27-5)12-17(16)13-24/h6-8,11-12,14H,9-10,13H2,1-5H3,(H,23,25). The quantitative estimate of drug-likeness (QED) is 0.849. The van der Waals surface area contributed by atoms with Crippen LogP contribution < -0.4 is 14.8 Å². The third-order valence-corrected chi connectivity index (χ3v) is 5.16. The van der Waals surface area contributed by atoms with Crippen molar-refractivity contribution in [1.82, 2.24) is 4.90 Å². The Bertz CT molecular complexity index is 846. The maximum absolute atomic E-state index is 12.9.